The number of methoxy groups -OCH3 is 3. The molecule has 0 saturated carbocycles. The van der Waals surface area contributed by atoms with Crippen molar-refractivity contribution in [2.75, 3.05) is 58.5 Å². The Morgan fingerprint density at radius 2 is 1.67 bits per heavy atom. The lowest BCUT2D eigenvalue weighted by Crippen LogP contribution is -2.40. The van der Waals surface area contributed by atoms with Crippen molar-refractivity contribution in [3.05, 3.63) is 41.6 Å². The zero-order chi connectivity index (χ0) is 24.2. The Kier molecular flexibility index (Phi) is 8.16. The molecule has 0 spiro atoms. The van der Waals surface area contributed by atoms with Crippen molar-refractivity contribution in [3.8, 4) is 5.75 Å². The molecule has 1 aromatic carbocycles. The molecule has 0 unspecified atom stereocenters. The maximum absolute atomic E-state index is 13.7. The zero-order valence-electron chi connectivity index (χ0n) is 18.6. The van der Waals surface area contributed by atoms with Crippen LogP contribution >= 0.6 is 11.3 Å². The highest BCUT2D eigenvalue weighted by atomic mass is 32.3. The monoisotopic (exact) mass is 517 g/mol. The number of nitrogens with two attached hydrogens (primary N) is 1. The van der Waals surface area contributed by atoms with Crippen molar-refractivity contribution in [3.63, 3.8) is 0 Å². The molecule has 0 aliphatic carbocycles. The summed E-state index contributed by atoms with van der Waals surface area (Å²) in [6.07, 6.45) is 1.68. The van der Waals surface area contributed by atoms with Crippen LogP contribution < -0.4 is 14.2 Å². The highest BCUT2D eigenvalue weighted by molar-refractivity contribution is 7.96. The van der Waals surface area contributed by atoms with Gasteiger partial charge >= 0.3 is 0 Å². The number of rotatable bonds is 11. The minimum atomic E-state index is -4.10. The molecule has 0 saturated heterocycles. The molecule has 33 heavy (non-hydrogen) atoms. The van der Waals surface area contributed by atoms with Gasteiger partial charge < -0.3 is 14.2 Å². The minimum Gasteiger partial charge on any atom is -0.497 e. The first-order valence-electron chi connectivity index (χ1n) is 9.88. The van der Waals surface area contributed by atoms with Crippen LogP contribution in [0.4, 0.5) is 5.69 Å². The molecular formula is C20H27N3O7S3. The van der Waals surface area contributed by atoms with Gasteiger partial charge in [-0.1, -0.05) is 0 Å². The Bertz CT molecular complexity index is 1200. The van der Waals surface area contributed by atoms with Crippen molar-refractivity contribution in [1.29, 1.82) is 0 Å². The first-order chi connectivity index (χ1) is 15.6. The second kappa shape index (κ2) is 10.5. The van der Waals surface area contributed by atoms with E-state index in [1.54, 1.807) is 44.6 Å². The van der Waals surface area contributed by atoms with Gasteiger partial charge in [-0.25, -0.2) is 17.9 Å². The number of ether oxygens (including phenoxy) is 3. The summed E-state index contributed by atoms with van der Waals surface area (Å²) in [4.78, 5) is 2.00. The summed E-state index contributed by atoms with van der Waals surface area (Å²) in [5.41, 5.74) is 1.15. The normalized spacial score (nSPS) is 15.4. The summed E-state index contributed by atoms with van der Waals surface area (Å²) >= 11 is 0.639. The van der Waals surface area contributed by atoms with Gasteiger partial charge in [-0.05, 0) is 36.4 Å². The number of sulfonamides is 2. The standard InChI is InChI=1S/C20H27N3O7S3/c1-28-10-8-22(9-11-29-2)14-17-12-15-13-19(32(21,24)25)31-20(15)33(26,27)23(17)16-4-6-18(30-3)7-5-16/h4-7,12-13H,8-11,14H2,1-3H3,(H2,21,24,25). The predicted molar refractivity (Wildman–Crippen MR) is 127 cm³/mol. The summed E-state index contributed by atoms with van der Waals surface area (Å²) in [5.74, 6) is 0.578. The molecule has 2 aromatic rings. The van der Waals surface area contributed by atoms with Gasteiger partial charge in [0.25, 0.3) is 10.0 Å². The van der Waals surface area contributed by atoms with Gasteiger partial charge in [0.05, 0.1) is 26.0 Å². The lowest BCUT2D eigenvalue weighted by atomic mass is 10.2. The summed E-state index contributed by atoms with van der Waals surface area (Å²) in [6.45, 7) is 2.26. The minimum absolute atomic E-state index is 0.0774. The van der Waals surface area contributed by atoms with Crippen molar-refractivity contribution < 1.29 is 31.0 Å². The lowest BCUT2D eigenvalue weighted by Gasteiger charge is -2.33. The zero-order valence-corrected chi connectivity index (χ0v) is 21.0. The fraction of sp³-hybridized carbons (Fsp3) is 0.400. The van der Waals surface area contributed by atoms with Gasteiger partial charge in [0, 0.05) is 45.1 Å². The van der Waals surface area contributed by atoms with Crippen molar-refractivity contribution >= 4 is 43.1 Å². The van der Waals surface area contributed by atoms with E-state index in [0.29, 0.717) is 60.3 Å². The Morgan fingerprint density at radius 1 is 1.06 bits per heavy atom. The molecule has 0 radical (unpaired) electrons. The van der Waals surface area contributed by atoms with E-state index in [4.69, 9.17) is 19.3 Å². The average molecular weight is 518 g/mol. The van der Waals surface area contributed by atoms with Crippen LogP contribution in [0.3, 0.4) is 0 Å². The van der Waals surface area contributed by atoms with Crippen LogP contribution in [0.2, 0.25) is 0 Å². The number of primary sulfonamides is 1. The van der Waals surface area contributed by atoms with Crippen LogP contribution in [-0.4, -0.2) is 75.9 Å². The molecule has 0 bridgehead atoms. The van der Waals surface area contributed by atoms with E-state index in [-0.39, 0.29) is 15.0 Å². The van der Waals surface area contributed by atoms with E-state index in [1.807, 2.05) is 4.90 Å². The van der Waals surface area contributed by atoms with Gasteiger partial charge in [0.1, 0.15) is 14.2 Å². The summed E-state index contributed by atoms with van der Waals surface area (Å²) in [5, 5.41) is 5.26. The Morgan fingerprint density at radius 3 is 2.18 bits per heavy atom. The van der Waals surface area contributed by atoms with E-state index < -0.39 is 20.0 Å². The maximum Gasteiger partial charge on any atom is 0.278 e. The molecule has 1 aliphatic heterocycles. The van der Waals surface area contributed by atoms with Gasteiger partial charge in [0.2, 0.25) is 10.0 Å². The third kappa shape index (κ3) is 5.74. The first-order valence-corrected chi connectivity index (χ1v) is 13.7. The lowest BCUT2D eigenvalue weighted by molar-refractivity contribution is 0.119. The fourth-order valence-corrected chi connectivity index (χ4v) is 7.44. The molecule has 2 heterocycles. The smallest absolute Gasteiger partial charge is 0.278 e. The van der Waals surface area contributed by atoms with Crippen molar-refractivity contribution in [2.45, 2.75) is 8.42 Å². The van der Waals surface area contributed by atoms with Crippen LogP contribution in [0.1, 0.15) is 5.56 Å². The highest BCUT2D eigenvalue weighted by Gasteiger charge is 2.37. The first kappa shape index (κ1) is 25.6. The number of hydrogen-bond donors (Lipinski definition) is 1. The van der Waals surface area contributed by atoms with Crippen molar-refractivity contribution in [2.24, 2.45) is 5.14 Å². The molecule has 182 valence electrons. The molecule has 0 amide bonds. The molecule has 3 rings (SSSR count). The summed E-state index contributed by atoms with van der Waals surface area (Å²) < 4.78 is 67.6. The topological polar surface area (TPSA) is 128 Å². The second-order valence-corrected chi connectivity index (χ2v) is 12.0. The van der Waals surface area contributed by atoms with Crippen molar-refractivity contribution in [1.82, 2.24) is 4.90 Å². The van der Waals surface area contributed by atoms with E-state index in [9.17, 15) is 16.8 Å². The predicted octanol–water partition coefficient (Wildman–Crippen LogP) is 1.55. The Labute approximate surface area is 198 Å². The molecule has 13 heteroatoms. The van der Waals surface area contributed by atoms with Crippen LogP contribution in [0.15, 0.2) is 44.4 Å². The van der Waals surface area contributed by atoms with E-state index >= 15 is 0 Å². The van der Waals surface area contributed by atoms with Crippen LogP contribution in [0, 0.1) is 0 Å². The second-order valence-electron chi connectivity index (χ2n) is 7.22. The maximum atomic E-state index is 13.7. The molecular weight excluding hydrogens is 490 g/mol. The van der Waals surface area contributed by atoms with Gasteiger partial charge in [0.15, 0.2) is 0 Å². The van der Waals surface area contributed by atoms with Gasteiger partial charge in [-0.2, -0.15) is 8.42 Å². The molecule has 10 nitrogen and oxygen atoms in total. The largest absolute Gasteiger partial charge is 0.497 e. The average Bonchev–Trinajstić information content (AvgIpc) is 3.21. The molecule has 1 aromatic heterocycles. The van der Waals surface area contributed by atoms with Crippen LogP contribution in [-0.2, 0) is 29.5 Å². The fourth-order valence-electron chi connectivity index (χ4n) is 3.36. The van der Waals surface area contributed by atoms with E-state index in [1.165, 1.54) is 17.5 Å². The number of hydrogen-bond acceptors (Lipinski definition) is 9. The molecule has 1 aliphatic rings. The SMILES string of the molecule is COCCN(CCOC)CC1=Cc2cc(S(N)(=O)=O)sc2S(=O)(=O)N1c1ccc(OC)cc1. The Hall–Kier alpha value is -2.00. The third-order valence-corrected chi connectivity index (χ3v) is 9.83. The number of anilines is 1. The summed E-state index contributed by atoms with van der Waals surface area (Å²) in [6, 6.07) is 7.90. The van der Waals surface area contributed by atoms with Gasteiger partial charge in [-0.15, -0.1) is 11.3 Å². The number of benzene rings is 1. The quantitative estimate of drug-likeness (QED) is 0.475. The van der Waals surface area contributed by atoms with Crippen LogP contribution in [0.5, 0.6) is 5.75 Å². The third-order valence-electron chi connectivity index (χ3n) is 4.96. The number of fused-ring (bicyclic) bond motifs is 1. The van der Waals surface area contributed by atoms with E-state index in [0.717, 1.165) is 0 Å². The Balaban J connectivity index is 2.12. The summed E-state index contributed by atoms with van der Waals surface area (Å²) in [7, 11) is -3.45. The van der Waals surface area contributed by atoms with Gasteiger partial charge in [-0.3, -0.25) is 4.90 Å². The molecule has 0 fully saturated rings. The molecule has 2 N–H and O–H groups in total. The molecule has 0 atom stereocenters. The highest BCUT2D eigenvalue weighted by Crippen LogP contribution is 2.41. The number of nitrogens with zero attached hydrogens (tertiary/aromatic N) is 2. The van der Waals surface area contributed by atoms with Crippen LogP contribution in [0.25, 0.3) is 6.08 Å². The number of thiophene rings is 1. The van der Waals surface area contributed by atoms with E-state index in [2.05, 4.69) is 0 Å².